The zero-order valence-corrected chi connectivity index (χ0v) is 17.5. The Morgan fingerprint density at radius 3 is 2.43 bits per heavy atom. The number of carbonyl (C=O) groups is 2. The van der Waals surface area contributed by atoms with E-state index in [0.29, 0.717) is 34.9 Å². The zero-order valence-electron chi connectivity index (χ0n) is 15.9. The molecule has 0 aliphatic carbocycles. The van der Waals surface area contributed by atoms with Crippen molar-refractivity contribution in [2.75, 3.05) is 21.5 Å². The highest BCUT2D eigenvalue weighted by atomic mass is 32.2. The minimum absolute atomic E-state index is 0.0464. The van der Waals surface area contributed by atoms with Gasteiger partial charge in [-0.25, -0.2) is 8.42 Å². The van der Waals surface area contributed by atoms with Crippen molar-refractivity contribution in [2.24, 2.45) is 0 Å². The standard InChI is InChI=1S/C21H19N3O4S2/c25-20-7-2-12-24(20)17-8-10-18(11-9-17)30(27,28)23-16-5-1-4-15(14-16)22-21(26)19-6-3-13-29-19/h1,3-6,8-11,13-14,23H,2,7,12H2,(H,22,26). The van der Waals surface area contributed by atoms with Gasteiger partial charge in [-0.05, 0) is 60.3 Å². The third-order valence-corrected chi connectivity index (χ3v) is 6.92. The van der Waals surface area contributed by atoms with E-state index in [1.807, 2.05) is 5.38 Å². The van der Waals surface area contributed by atoms with Crippen molar-refractivity contribution in [1.29, 1.82) is 0 Å². The lowest BCUT2D eigenvalue weighted by atomic mass is 10.3. The second-order valence-electron chi connectivity index (χ2n) is 6.76. The minimum Gasteiger partial charge on any atom is -0.321 e. The first-order valence-electron chi connectivity index (χ1n) is 9.30. The van der Waals surface area contributed by atoms with E-state index in [9.17, 15) is 18.0 Å². The predicted molar refractivity (Wildman–Crippen MR) is 118 cm³/mol. The van der Waals surface area contributed by atoms with Gasteiger partial charge in [0, 0.05) is 24.3 Å². The number of carbonyl (C=O) groups excluding carboxylic acids is 2. The average molecular weight is 442 g/mol. The van der Waals surface area contributed by atoms with Crippen molar-refractivity contribution < 1.29 is 18.0 Å². The normalized spacial score (nSPS) is 14.0. The van der Waals surface area contributed by atoms with Crippen LogP contribution in [0.5, 0.6) is 0 Å². The molecule has 1 saturated heterocycles. The first kappa shape index (κ1) is 20.1. The molecule has 154 valence electrons. The number of rotatable bonds is 6. The number of hydrogen-bond donors (Lipinski definition) is 2. The molecule has 0 saturated carbocycles. The number of thiophene rings is 1. The summed E-state index contributed by atoms with van der Waals surface area (Å²) in [4.78, 5) is 26.3. The summed E-state index contributed by atoms with van der Waals surface area (Å²) in [5.74, 6) is -0.206. The molecule has 0 radical (unpaired) electrons. The minimum atomic E-state index is -3.82. The molecule has 0 bridgehead atoms. The Balaban J connectivity index is 1.48. The van der Waals surface area contributed by atoms with Gasteiger partial charge in [0.25, 0.3) is 15.9 Å². The molecule has 1 aromatic heterocycles. The second kappa shape index (κ2) is 8.29. The van der Waals surface area contributed by atoms with Crippen LogP contribution in [0.2, 0.25) is 0 Å². The Morgan fingerprint density at radius 2 is 1.77 bits per heavy atom. The monoisotopic (exact) mass is 441 g/mol. The molecule has 2 amide bonds. The van der Waals surface area contributed by atoms with E-state index in [1.165, 1.54) is 23.5 Å². The van der Waals surface area contributed by atoms with Gasteiger partial charge in [0.15, 0.2) is 0 Å². The van der Waals surface area contributed by atoms with Gasteiger partial charge in [0.05, 0.1) is 15.5 Å². The van der Waals surface area contributed by atoms with Crippen LogP contribution >= 0.6 is 11.3 Å². The smallest absolute Gasteiger partial charge is 0.265 e. The fourth-order valence-corrected chi connectivity index (χ4v) is 4.87. The van der Waals surface area contributed by atoms with Gasteiger partial charge >= 0.3 is 0 Å². The summed E-state index contributed by atoms with van der Waals surface area (Å²) < 4.78 is 28.0. The number of hydrogen-bond acceptors (Lipinski definition) is 5. The molecule has 30 heavy (non-hydrogen) atoms. The van der Waals surface area contributed by atoms with Crippen molar-refractivity contribution in [3.8, 4) is 0 Å². The fraction of sp³-hybridized carbons (Fsp3) is 0.143. The van der Waals surface area contributed by atoms with Gasteiger partial charge in [-0.3, -0.25) is 14.3 Å². The molecule has 0 spiro atoms. The van der Waals surface area contributed by atoms with Crippen LogP contribution in [0.4, 0.5) is 17.1 Å². The third-order valence-electron chi connectivity index (χ3n) is 4.65. The molecular weight excluding hydrogens is 422 g/mol. The summed E-state index contributed by atoms with van der Waals surface area (Å²) in [6, 6.07) is 16.2. The van der Waals surface area contributed by atoms with Crippen LogP contribution < -0.4 is 14.9 Å². The molecule has 0 unspecified atom stereocenters. The number of sulfonamides is 1. The molecule has 1 fully saturated rings. The number of benzene rings is 2. The number of anilines is 3. The number of nitrogens with one attached hydrogen (secondary N) is 2. The maximum atomic E-state index is 12.7. The van der Waals surface area contributed by atoms with Gasteiger partial charge < -0.3 is 10.2 Å². The second-order valence-corrected chi connectivity index (χ2v) is 9.39. The lowest BCUT2D eigenvalue weighted by molar-refractivity contribution is -0.117. The van der Waals surface area contributed by atoms with Crippen LogP contribution in [-0.2, 0) is 14.8 Å². The quantitative estimate of drug-likeness (QED) is 0.606. The molecule has 4 rings (SSSR count). The van der Waals surface area contributed by atoms with Crippen LogP contribution in [0.3, 0.4) is 0 Å². The van der Waals surface area contributed by atoms with E-state index in [0.717, 1.165) is 6.42 Å². The Hall–Kier alpha value is -3.17. The molecule has 2 aromatic carbocycles. The van der Waals surface area contributed by atoms with Crippen LogP contribution in [0.25, 0.3) is 0 Å². The summed E-state index contributed by atoms with van der Waals surface area (Å²) in [7, 11) is -3.82. The van der Waals surface area contributed by atoms with Gasteiger partial charge in [-0.15, -0.1) is 11.3 Å². The van der Waals surface area contributed by atoms with E-state index in [2.05, 4.69) is 10.0 Å². The summed E-state index contributed by atoms with van der Waals surface area (Å²) in [6.45, 7) is 0.646. The van der Waals surface area contributed by atoms with E-state index in [-0.39, 0.29) is 16.7 Å². The molecule has 3 aromatic rings. The van der Waals surface area contributed by atoms with Crippen LogP contribution in [0.15, 0.2) is 70.9 Å². The van der Waals surface area contributed by atoms with Gasteiger partial charge in [-0.2, -0.15) is 0 Å². The lowest BCUT2D eigenvalue weighted by Crippen LogP contribution is -2.23. The van der Waals surface area contributed by atoms with E-state index < -0.39 is 10.0 Å². The highest BCUT2D eigenvalue weighted by Gasteiger charge is 2.22. The van der Waals surface area contributed by atoms with E-state index in [1.54, 1.807) is 53.4 Å². The molecule has 2 N–H and O–H groups in total. The van der Waals surface area contributed by atoms with E-state index >= 15 is 0 Å². The summed E-state index contributed by atoms with van der Waals surface area (Å²) in [5.41, 5.74) is 1.50. The van der Waals surface area contributed by atoms with Crippen molar-refractivity contribution in [2.45, 2.75) is 17.7 Å². The summed E-state index contributed by atoms with van der Waals surface area (Å²) in [6.07, 6.45) is 1.32. The van der Waals surface area contributed by atoms with Gasteiger partial charge in [0.2, 0.25) is 5.91 Å². The highest BCUT2D eigenvalue weighted by molar-refractivity contribution is 7.92. The highest BCUT2D eigenvalue weighted by Crippen LogP contribution is 2.25. The molecule has 1 aliphatic rings. The maximum absolute atomic E-state index is 12.7. The van der Waals surface area contributed by atoms with Crippen molar-refractivity contribution in [1.82, 2.24) is 0 Å². The van der Waals surface area contributed by atoms with Crippen LogP contribution in [0.1, 0.15) is 22.5 Å². The summed E-state index contributed by atoms with van der Waals surface area (Å²) in [5, 5.41) is 4.56. The Morgan fingerprint density at radius 1 is 1.00 bits per heavy atom. The summed E-state index contributed by atoms with van der Waals surface area (Å²) >= 11 is 1.32. The topological polar surface area (TPSA) is 95.6 Å². The first-order chi connectivity index (χ1) is 14.4. The Bertz CT molecular complexity index is 1170. The molecule has 0 atom stereocenters. The van der Waals surface area contributed by atoms with Crippen LogP contribution in [-0.4, -0.2) is 26.8 Å². The molecule has 2 heterocycles. The Kier molecular flexibility index (Phi) is 5.56. The lowest BCUT2D eigenvalue weighted by Gasteiger charge is -2.16. The first-order valence-corrected chi connectivity index (χ1v) is 11.7. The maximum Gasteiger partial charge on any atom is 0.265 e. The molecule has 7 nitrogen and oxygen atoms in total. The van der Waals surface area contributed by atoms with Crippen molar-refractivity contribution >= 4 is 50.2 Å². The fourth-order valence-electron chi connectivity index (χ4n) is 3.20. The number of nitrogens with zero attached hydrogens (tertiary/aromatic N) is 1. The third kappa shape index (κ3) is 4.37. The molecule has 9 heteroatoms. The zero-order chi connectivity index (χ0) is 21.1. The van der Waals surface area contributed by atoms with Gasteiger partial charge in [-0.1, -0.05) is 12.1 Å². The Labute approximate surface area is 178 Å². The van der Waals surface area contributed by atoms with Crippen LogP contribution in [0, 0.1) is 0 Å². The largest absolute Gasteiger partial charge is 0.321 e. The van der Waals surface area contributed by atoms with E-state index in [4.69, 9.17) is 0 Å². The SMILES string of the molecule is O=C(Nc1cccc(NS(=O)(=O)c2ccc(N3CCCC3=O)cc2)c1)c1cccs1. The molecular formula is C21H19N3O4S2. The van der Waals surface area contributed by atoms with Gasteiger partial charge in [0.1, 0.15) is 0 Å². The molecule has 1 aliphatic heterocycles. The van der Waals surface area contributed by atoms with Crippen molar-refractivity contribution in [3.63, 3.8) is 0 Å². The number of amides is 2. The van der Waals surface area contributed by atoms with Crippen molar-refractivity contribution in [3.05, 3.63) is 70.9 Å². The predicted octanol–water partition coefficient (Wildman–Crippen LogP) is 3.93. The average Bonchev–Trinajstić information content (AvgIpc) is 3.40.